The van der Waals surface area contributed by atoms with E-state index in [1.165, 1.54) is 7.11 Å². The zero-order valence-electron chi connectivity index (χ0n) is 18.4. The number of likely N-dealkylation sites (tertiary alicyclic amines) is 1. The largest absolute Gasteiger partial charge is 0.494 e. The van der Waals surface area contributed by atoms with E-state index in [9.17, 15) is 4.39 Å². The lowest BCUT2D eigenvalue weighted by Crippen LogP contribution is -2.49. The molecule has 7 nitrogen and oxygen atoms in total. The monoisotopic (exact) mass is 432 g/mol. The van der Waals surface area contributed by atoms with Gasteiger partial charge in [-0.1, -0.05) is 6.07 Å². The van der Waals surface area contributed by atoms with Crippen LogP contribution in [0, 0.1) is 5.82 Å². The topological polar surface area (TPSA) is 71.3 Å². The van der Waals surface area contributed by atoms with Crippen LogP contribution in [0.1, 0.15) is 24.2 Å². The van der Waals surface area contributed by atoms with E-state index < -0.39 is 0 Å². The van der Waals surface area contributed by atoms with E-state index in [0.717, 1.165) is 62.7 Å². The van der Waals surface area contributed by atoms with Crippen molar-refractivity contribution < 1.29 is 18.3 Å². The molecule has 0 bridgehead atoms. The number of aliphatic imine (C=N–C) groups is 1. The fourth-order valence-electron chi connectivity index (χ4n) is 3.66. The zero-order valence-corrected chi connectivity index (χ0v) is 18.4. The van der Waals surface area contributed by atoms with E-state index in [2.05, 4.69) is 20.5 Å². The van der Waals surface area contributed by atoms with Gasteiger partial charge in [-0.15, -0.1) is 0 Å². The normalized spacial score (nSPS) is 15.8. The standard InChI is InChI=1S/C23H33FN4O3/c1-29-15-11-26-23(25-10-7-20-4-3-14-31-20)27-19-8-12-28(13-9-19)17-18-5-6-22(30-2)21(24)16-18/h3-6,14,16,19H,7-13,15,17H2,1-2H3,(H2,25,26,27). The van der Waals surface area contributed by atoms with Crippen molar-refractivity contribution in [1.29, 1.82) is 0 Å². The van der Waals surface area contributed by atoms with Crippen molar-refractivity contribution in [3.05, 3.63) is 53.7 Å². The Morgan fingerprint density at radius 3 is 2.77 bits per heavy atom. The summed E-state index contributed by atoms with van der Waals surface area (Å²) in [7, 11) is 3.16. The van der Waals surface area contributed by atoms with Crippen molar-refractivity contribution in [2.75, 3.05) is 47.0 Å². The van der Waals surface area contributed by atoms with Crippen molar-refractivity contribution >= 4 is 5.96 Å². The smallest absolute Gasteiger partial charge is 0.191 e. The molecule has 0 radical (unpaired) electrons. The molecule has 3 rings (SSSR count). The van der Waals surface area contributed by atoms with Crippen LogP contribution in [0.4, 0.5) is 4.39 Å². The average Bonchev–Trinajstić information content (AvgIpc) is 3.29. The Hall–Kier alpha value is -2.58. The maximum atomic E-state index is 13.9. The SMILES string of the molecule is COCCN=C(NCCc1ccco1)NC1CCN(Cc2ccc(OC)c(F)c2)CC1. The highest BCUT2D eigenvalue weighted by molar-refractivity contribution is 5.80. The fraction of sp³-hybridized carbons (Fsp3) is 0.522. The first-order valence-electron chi connectivity index (χ1n) is 10.8. The first-order chi connectivity index (χ1) is 15.2. The Labute approximate surface area is 183 Å². The fourth-order valence-corrected chi connectivity index (χ4v) is 3.66. The molecule has 0 unspecified atom stereocenters. The molecule has 0 amide bonds. The molecular weight excluding hydrogens is 399 g/mol. The highest BCUT2D eigenvalue weighted by Gasteiger charge is 2.20. The summed E-state index contributed by atoms with van der Waals surface area (Å²) in [6, 6.07) is 9.40. The van der Waals surface area contributed by atoms with Crippen LogP contribution >= 0.6 is 0 Å². The molecule has 0 atom stereocenters. The van der Waals surface area contributed by atoms with Crippen LogP contribution in [0.15, 0.2) is 46.0 Å². The maximum absolute atomic E-state index is 13.9. The Kier molecular flexibility index (Phi) is 9.17. The van der Waals surface area contributed by atoms with E-state index in [0.29, 0.717) is 19.2 Å². The lowest BCUT2D eigenvalue weighted by Gasteiger charge is -2.33. The third-order valence-corrected chi connectivity index (χ3v) is 5.36. The third-order valence-electron chi connectivity index (χ3n) is 5.36. The number of ether oxygens (including phenoxy) is 2. The van der Waals surface area contributed by atoms with Crippen LogP contribution in [0.3, 0.4) is 0 Å². The lowest BCUT2D eigenvalue weighted by atomic mass is 10.0. The van der Waals surface area contributed by atoms with E-state index in [1.54, 1.807) is 25.5 Å². The summed E-state index contributed by atoms with van der Waals surface area (Å²) in [6.07, 6.45) is 4.49. The molecule has 1 saturated heterocycles. The van der Waals surface area contributed by atoms with Gasteiger partial charge in [0.05, 0.1) is 26.5 Å². The molecule has 1 aromatic carbocycles. The Bertz CT molecular complexity index is 805. The van der Waals surface area contributed by atoms with Crippen LogP contribution in [0.2, 0.25) is 0 Å². The molecule has 0 aliphatic carbocycles. The van der Waals surface area contributed by atoms with Crippen LogP contribution in [0.25, 0.3) is 0 Å². The molecule has 0 saturated carbocycles. The lowest BCUT2D eigenvalue weighted by molar-refractivity contribution is 0.197. The minimum absolute atomic E-state index is 0.284. The predicted molar refractivity (Wildman–Crippen MR) is 119 cm³/mol. The van der Waals surface area contributed by atoms with Crippen molar-refractivity contribution in [2.45, 2.75) is 31.8 Å². The second-order valence-corrected chi connectivity index (χ2v) is 7.64. The third kappa shape index (κ3) is 7.56. The number of hydrogen-bond donors (Lipinski definition) is 2. The molecular formula is C23H33FN4O3. The van der Waals surface area contributed by atoms with Gasteiger partial charge < -0.3 is 24.5 Å². The second kappa shape index (κ2) is 12.3. The van der Waals surface area contributed by atoms with E-state index in [-0.39, 0.29) is 11.6 Å². The highest BCUT2D eigenvalue weighted by Crippen LogP contribution is 2.20. The van der Waals surface area contributed by atoms with Crippen LogP contribution in [0.5, 0.6) is 5.75 Å². The molecule has 1 aromatic heterocycles. The summed E-state index contributed by atoms with van der Waals surface area (Å²) < 4.78 is 29.4. The van der Waals surface area contributed by atoms with E-state index in [4.69, 9.17) is 13.9 Å². The zero-order chi connectivity index (χ0) is 21.9. The number of halogens is 1. The molecule has 0 spiro atoms. The van der Waals surface area contributed by atoms with E-state index in [1.807, 2.05) is 18.2 Å². The highest BCUT2D eigenvalue weighted by atomic mass is 19.1. The molecule has 2 aromatic rings. The number of nitrogens with zero attached hydrogens (tertiary/aromatic N) is 2. The minimum Gasteiger partial charge on any atom is -0.494 e. The average molecular weight is 433 g/mol. The molecule has 2 N–H and O–H groups in total. The molecule has 1 aliphatic heterocycles. The van der Waals surface area contributed by atoms with Gasteiger partial charge in [0.25, 0.3) is 0 Å². The minimum atomic E-state index is -0.311. The van der Waals surface area contributed by atoms with Gasteiger partial charge in [0.2, 0.25) is 0 Å². The number of nitrogens with one attached hydrogen (secondary N) is 2. The summed E-state index contributed by atoms with van der Waals surface area (Å²) >= 11 is 0. The first kappa shape index (κ1) is 23.1. The number of piperidine rings is 1. The van der Waals surface area contributed by atoms with Gasteiger partial charge in [-0.05, 0) is 42.7 Å². The quantitative estimate of drug-likeness (QED) is 0.342. The van der Waals surface area contributed by atoms with Crippen LogP contribution < -0.4 is 15.4 Å². The van der Waals surface area contributed by atoms with Gasteiger partial charge in [-0.2, -0.15) is 0 Å². The Morgan fingerprint density at radius 1 is 1.26 bits per heavy atom. The van der Waals surface area contributed by atoms with Crippen LogP contribution in [-0.2, 0) is 17.7 Å². The summed E-state index contributed by atoms with van der Waals surface area (Å²) in [5.41, 5.74) is 0.964. The van der Waals surface area contributed by atoms with E-state index >= 15 is 0 Å². The van der Waals surface area contributed by atoms with Gasteiger partial charge in [0.1, 0.15) is 5.76 Å². The molecule has 170 valence electrons. The number of furan rings is 1. The van der Waals surface area contributed by atoms with Gasteiger partial charge in [0, 0.05) is 45.8 Å². The molecule has 2 heterocycles. The number of methoxy groups -OCH3 is 2. The van der Waals surface area contributed by atoms with Crippen LogP contribution in [-0.4, -0.2) is 63.9 Å². The second-order valence-electron chi connectivity index (χ2n) is 7.64. The van der Waals surface area contributed by atoms with Crippen molar-refractivity contribution in [2.24, 2.45) is 4.99 Å². The number of hydrogen-bond acceptors (Lipinski definition) is 5. The summed E-state index contributed by atoms with van der Waals surface area (Å²) in [5, 5.41) is 6.94. The van der Waals surface area contributed by atoms with Crippen molar-refractivity contribution in [3.8, 4) is 5.75 Å². The Balaban J connectivity index is 1.45. The molecule has 8 heteroatoms. The van der Waals surface area contributed by atoms with Gasteiger partial charge >= 0.3 is 0 Å². The number of benzene rings is 1. The summed E-state index contributed by atoms with van der Waals surface area (Å²) in [4.78, 5) is 6.96. The first-order valence-corrected chi connectivity index (χ1v) is 10.8. The maximum Gasteiger partial charge on any atom is 0.191 e. The van der Waals surface area contributed by atoms with Gasteiger partial charge in [0.15, 0.2) is 17.5 Å². The summed E-state index contributed by atoms with van der Waals surface area (Å²) in [6.45, 7) is 4.57. The van der Waals surface area contributed by atoms with Crippen molar-refractivity contribution in [1.82, 2.24) is 15.5 Å². The number of rotatable bonds is 10. The molecule has 1 fully saturated rings. The van der Waals surface area contributed by atoms with Gasteiger partial charge in [-0.25, -0.2) is 4.39 Å². The molecule has 31 heavy (non-hydrogen) atoms. The molecule has 1 aliphatic rings. The number of guanidine groups is 1. The summed E-state index contributed by atoms with van der Waals surface area (Å²) in [5.74, 6) is 1.73. The van der Waals surface area contributed by atoms with Crippen molar-refractivity contribution in [3.63, 3.8) is 0 Å². The van der Waals surface area contributed by atoms with Gasteiger partial charge in [-0.3, -0.25) is 9.89 Å². The Morgan fingerprint density at radius 2 is 2.10 bits per heavy atom. The predicted octanol–water partition coefficient (Wildman–Crippen LogP) is 2.82.